The molecule has 1 amide bonds. The van der Waals surface area contributed by atoms with E-state index in [1.54, 1.807) is 33.5 Å². The van der Waals surface area contributed by atoms with Gasteiger partial charge in [0.05, 0.1) is 21.3 Å². The molecule has 1 rings (SSSR count). The second-order valence-electron chi connectivity index (χ2n) is 4.96. The molecule has 0 saturated heterocycles. The summed E-state index contributed by atoms with van der Waals surface area (Å²) in [5, 5.41) is 2.92. The fourth-order valence-electron chi connectivity index (χ4n) is 2.22. The van der Waals surface area contributed by atoms with Crippen molar-refractivity contribution in [3.63, 3.8) is 0 Å². The number of carbonyl (C=O) groups is 1. The Labute approximate surface area is 132 Å². The Morgan fingerprint density at radius 2 is 1.86 bits per heavy atom. The molecule has 1 aromatic carbocycles. The van der Waals surface area contributed by atoms with Crippen molar-refractivity contribution in [1.29, 1.82) is 0 Å². The van der Waals surface area contributed by atoms with Crippen LogP contribution in [0.1, 0.15) is 32.3 Å². The van der Waals surface area contributed by atoms with E-state index in [4.69, 9.17) is 14.2 Å². The summed E-state index contributed by atoms with van der Waals surface area (Å²) >= 11 is 0. The molecule has 0 fully saturated rings. The van der Waals surface area contributed by atoms with Crippen molar-refractivity contribution in [2.75, 3.05) is 21.3 Å². The molecule has 22 heavy (non-hydrogen) atoms. The van der Waals surface area contributed by atoms with E-state index in [0.29, 0.717) is 17.2 Å². The lowest BCUT2D eigenvalue weighted by molar-refractivity contribution is -0.117. The van der Waals surface area contributed by atoms with Crippen LogP contribution in [0.5, 0.6) is 17.2 Å². The normalized spacial score (nSPS) is 12.0. The number of carbonyl (C=O) groups excluding carboxylic acids is 1. The second kappa shape index (κ2) is 8.97. The van der Waals surface area contributed by atoms with Gasteiger partial charge in [0.2, 0.25) is 11.7 Å². The van der Waals surface area contributed by atoms with Gasteiger partial charge in [-0.15, -0.1) is 0 Å². The van der Waals surface area contributed by atoms with Crippen molar-refractivity contribution in [2.45, 2.75) is 32.7 Å². The Bertz CT molecular complexity index is 526. The summed E-state index contributed by atoms with van der Waals surface area (Å²) < 4.78 is 15.9. The monoisotopic (exact) mass is 307 g/mol. The summed E-state index contributed by atoms with van der Waals surface area (Å²) in [6.07, 6.45) is 5.19. The third-order valence-corrected chi connectivity index (χ3v) is 3.26. The Hall–Kier alpha value is -2.17. The number of hydrogen-bond acceptors (Lipinski definition) is 4. The molecule has 0 aromatic heterocycles. The molecule has 0 aliphatic rings. The van der Waals surface area contributed by atoms with Gasteiger partial charge in [0, 0.05) is 17.7 Å². The van der Waals surface area contributed by atoms with E-state index in [9.17, 15) is 4.79 Å². The minimum atomic E-state index is -0.127. The summed E-state index contributed by atoms with van der Waals surface area (Å²) in [5.41, 5.74) is 0.749. The quantitative estimate of drug-likeness (QED) is 0.750. The summed E-state index contributed by atoms with van der Waals surface area (Å²) in [6.45, 7) is 4.08. The van der Waals surface area contributed by atoms with Crippen molar-refractivity contribution >= 4 is 12.0 Å². The number of benzene rings is 1. The van der Waals surface area contributed by atoms with Crippen molar-refractivity contribution in [2.24, 2.45) is 0 Å². The molecule has 0 saturated carbocycles. The fourth-order valence-corrected chi connectivity index (χ4v) is 2.22. The standard InChI is InChI=1S/C17H25NO4/c1-6-7-12(2)18-15(19)11-9-13-8-10-14(20-3)17(22-5)16(13)21-4/h8-12H,6-7H2,1-5H3,(H,18,19)/b11-9+/t12-/m1/s1. The number of hydrogen-bond donors (Lipinski definition) is 1. The third kappa shape index (κ3) is 4.69. The lowest BCUT2D eigenvalue weighted by Crippen LogP contribution is -2.30. The van der Waals surface area contributed by atoms with Crippen molar-refractivity contribution in [1.82, 2.24) is 5.32 Å². The van der Waals surface area contributed by atoms with Gasteiger partial charge in [0.25, 0.3) is 0 Å². The molecule has 1 aromatic rings. The van der Waals surface area contributed by atoms with E-state index in [2.05, 4.69) is 12.2 Å². The zero-order chi connectivity index (χ0) is 16.5. The average molecular weight is 307 g/mol. The largest absolute Gasteiger partial charge is 0.493 e. The fraction of sp³-hybridized carbons (Fsp3) is 0.471. The molecule has 5 nitrogen and oxygen atoms in total. The highest BCUT2D eigenvalue weighted by Gasteiger charge is 2.14. The van der Waals surface area contributed by atoms with Crippen LogP contribution in [0.3, 0.4) is 0 Å². The Balaban J connectivity index is 2.93. The molecule has 0 aliphatic heterocycles. The van der Waals surface area contributed by atoms with Crippen LogP contribution in [-0.4, -0.2) is 33.3 Å². The Morgan fingerprint density at radius 3 is 2.41 bits per heavy atom. The van der Waals surface area contributed by atoms with E-state index in [0.717, 1.165) is 18.4 Å². The molecule has 0 radical (unpaired) electrons. The first kappa shape index (κ1) is 17.9. The van der Waals surface area contributed by atoms with Crippen molar-refractivity contribution < 1.29 is 19.0 Å². The van der Waals surface area contributed by atoms with E-state index in [1.807, 2.05) is 13.0 Å². The lowest BCUT2D eigenvalue weighted by Gasteiger charge is -2.14. The van der Waals surface area contributed by atoms with E-state index in [-0.39, 0.29) is 11.9 Å². The van der Waals surface area contributed by atoms with Crippen LogP contribution in [-0.2, 0) is 4.79 Å². The summed E-state index contributed by atoms with van der Waals surface area (Å²) in [6, 6.07) is 3.76. The van der Waals surface area contributed by atoms with E-state index < -0.39 is 0 Å². The number of nitrogens with one attached hydrogen (secondary N) is 1. The van der Waals surface area contributed by atoms with E-state index in [1.165, 1.54) is 6.08 Å². The molecule has 0 bridgehead atoms. The van der Waals surface area contributed by atoms with Gasteiger partial charge < -0.3 is 19.5 Å². The predicted molar refractivity (Wildman–Crippen MR) is 87.6 cm³/mol. The summed E-state index contributed by atoms with van der Waals surface area (Å²) in [7, 11) is 4.67. The van der Waals surface area contributed by atoms with Gasteiger partial charge in [-0.1, -0.05) is 13.3 Å². The maximum atomic E-state index is 11.9. The van der Waals surface area contributed by atoms with Gasteiger partial charge in [-0.2, -0.15) is 0 Å². The second-order valence-corrected chi connectivity index (χ2v) is 4.96. The minimum Gasteiger partial charge on any atom is -0.493 e. The SMILES string of the molecule is CCC[C@@H](C)NC(=O)/C=C/c1ccc(OC)c(OC)c1OC. The number of methoxy groups -OCH3 is 3. The molecule has 0 unspecified atom stereocenters. The van der Waals surface area contributed by atoms with Crippen LogP contribution in [0.2, 0.25) is 0 Å². The first-order chi connectivity index (χ1) is 10.6. The van der Waals surface area contributed by atoms with Gasteiger partial charge in [0.15, 0.2) is 11.5 Å². The molecule has 0 spiro atoms. The zero-order valence-electron chi connectivity index (χ0n) is 13.9. The maximum absolute atomic E-state index is 11.9. The van der Waals surface area contributed by atoms with Crippen LogP contribution < -0.4 is 19.5 Å². The van der Waals surface area contributed by atoms with Crippen LogP contribution in [0.15, 0.2) is 18.2 Å². The highest BCUT2D eigenvalue weighted by Crippen LogP contribution is 2.40. The van der Waals surface area contributed by atoms with Gasteiger partial charge >= 0.3 is 0 Å². The topological polar surface area (TPSA) is 56.8 Å². The first-order valence-electron chi connectivity index (χ1n) is 7.34. The highest BCUT2D eigenvalue weighted by molar-refractivity contribution is 5.92. The van der Waals surface area contributed by atoms with Crippen LogP contribution in [0, 0.1) is 0 Å². The van der Waals surface area contributed by atoms with E-state index >= 15 is 0 Å². The predicted octanol–water partition coefficient (Wildman–Crippen LogP) is 3.03. The van der Waals surface area contributed by atoms with Crippen LogP contribution in [0.4, 0.5) is 0 Å². The molecule has 5 heteroatoms. The van der Waals surface area contributed by atoms with Crippen molar-refractivity contribution in [3.05, 3.63) is 23.8 Å². The van der Waals surface area contributed by atoms with Gasteiger partial charge in [-0.25, -0.2) is 0 Å². The zero-order valence-corrected chi connectivity index (χ0v) is 13.9. The smallest absolute Gasteiger partial charge is 0.244 e. The molecule has 0 aliphatic carbocycles. The Kier molecular flexibility index (Phi) is 7.29. The number of amides is 1. The van der Waals surface area contributed by atoms with Gasteiger partial charge in [-0.3, -0.25) is 4.79 Å². The first-order valence-corrected chi connectivity index (χ1v) is 7.34. The molecule has 122 valence electrons. The molecule has 1 N–H and O–H groups in total. The Morgan fingerprint density at radius 1 is 1.18 bits per heavy atom. The lowest BCUT2D eigenvalue weighted by atomic mass is 10.1. The van der Waals surface area contributed by atoms with Crippen LogP contribution in [0.25, 0.3) is 6.08 Å². The minimum absolute atomic E-state index is 0.127. The summed E-state index contributed by atoms with van der Waals surface area (Å²) in [4.78, 5) is 11.9. The molecular formula is C17H25NO4. The highest BCUT2D eigenvalue weighted by atomic mass is 16.5. The van der Waals surface area contributed by atoms with Crippen LogP contribution >= 0.6 is 0 Å². The molecule has 0 heterocycles. The molecular weight excluding hydrogens is 282 g/mol. The summed E-state index contributed by atoms with van der Waals surface area (Å²) in [5.74, 6) is 1.50. The van der Waals surface area contributed by atoms with Gasteiger partial charge in [0.1, 0.15) is 0 Å². The number of rotatable bonds is 8. The molecule has 1 atom stereocenters. The average Bonchev–Trinajstić information content (AvgIpc) is 2.51. The maximum Gasteiger partial charge on any atom is 0.244 e. The number of ether oxygens (including phenoxy) is 3. The van der Waals surface area contributed by atoms with Gasteiger partial charge in [-0.05, 0) is 31.6 Å². The van der Waals surface area contributed by atoms with Crippen molar-refractivity contribution in [3.8, 4) is 17.2 Å². The third-order valence-electron chi connectivity index (χ3n) is 3.26.